The van der Waals surface area contributed by atoms with Crippen LogP contribution in [0.4, 0.5) is 34.1 Å². The van der Waals surface area contributed by atoms with Gasteiger partial charge in [0.1, 0.15) is 22.4 Å². The number of anilines is 3. The van der Waals surface area contributed by atoms with Gasteiger partial charge in [0.2, 0.25) is 16.7 Å². The second kappa shape index (κ2) is 28.1. The van der Waals surface area contributed by atoms with Crippen LogP contribution in [-0.2, 0) is 0 Å². The van der Waals surface area contributed by atoms with Gasteiger partial charge in [0.25, 0.3) is 11.8 Å². The molecule has 0 aliphatic heterocycles. The summed E-state index contributed by atoms with van der Waals surface area (Å²) in [6, 6.07) is 49.9. The Hall–Kier alpha value is -8.61. The molecule has 1 aliphatic rings. The molecule has 1 heterocycles. The average Bonchev–Trinajstić information content (AvgIpc) is 3.48. The number of nitrogens with zero attached hydrogens (tertiary/aromatic N) is 7. The van der Waals surface area contributed by atoms with Crippen molar-refractivity contribution in [2.45, 2.75) is 85.5 Å². The fraction of sp³-hybridized carbons (Fsp3) is 0.319. The summed E-state index contributed by atoms with van der Waals surface area (Å²) in [6.45, 7) is 11.9. The van der Waals surface area contributed by atoms with Crippen molar-refractivity contribution in [3.63, 3.8) is 0 Å². The van der Waals surface area contributed by atoms with Gasteiger partial charge in [0, 0.05) is 145 Å². The minimum atomic E-state index is -0.0635. The molecule has 0 radical (unpaired) electrons. The summed E-state index contributed by atoms with van der Waals surface area (Å²) in [7, 11) is 12.7. The summed E-state index contributed by atoms with van der Waals surface area (Å²) in [5.74, 6) is -0.123. The third kappa shape index (κ3) is 14.9. The average molecular weight is 1120 g/mol. The van der Waals surface area contributed by atoms with Gasteiger partial charge < -0.3 is 30.2 Å². The number of rotatable bonds is 25. The first kappa shape index (κ1) is 60.0. The summed E-state index contributed by atoms with van der Waals surface area (Å²) in [4.78, 5) is 45.6. The number of benzene rings is 7. The van der Waals surface area contributed by atoms with Gasteiger partial charge in [0.15, 0.2) is 5.69 Å². The lowest BCUT2D eigenvalue weighted by Crippen LogP contribution is -2.71. The lowest BCUT2D eigenvalue weighted by Gasteiger charge is -2.26. The number of carbonyl (C=O) groups excluding carboxylic acids is 2. The summed E-state index contributed by atoms with van der Waals surface area (Å²) >= 11 is 0. The van der Waals surface area contributed by atoms with Crippen LogP contribution in [0.5, 0.6) is 0 Å². The summed E-state index contributed by atoms with van der Waals surface area (Å²) < 4.78 is 2.35. The number of nitrogens with two attached hydrogens (primary N) is 1. The van der Waals surface area contributed by atoms with Gasteiger partial charge in [-0.15, -0.1) is 4.57 Å². The van der Waals surface area contributed by atoms with Gasteiger partial charge in [-0.2, -0.15) is 0 Å². The molecule has 4 N–H and O–H groups in total. The number of aliphatic imine (C=N–C) groups is 1. The minimum Gasteiger partial charge on any atom is -0.377 e. The Kier molecular flexibility index (Phi) is 20.1. The Morgan fingerprint density at radius 1 is 0.548 bits per heavy atom. The lowest BCUT2D eigenvalue weighted by atomic mass is 10.0. The lowest BCUT2D eigenvalue weighted by molar-refractivity contribution is -0.538. The van der Waals surface area contributed by atoms with Crippen molar-refractivity contribution in [2.75, 3.05) is 83.2 Å². The number of hydrogen-bond acceptors (Lipinski definition) is 8. The summed E-state index contributed by atoms with van der Waals surface area (Å²) in [5, 5.41) is 8.46. The molecule has 0 saturated carbocycles. The molecular formula is C72H86N10O2+2. The van der Waals surface area contributed by atoms with Crippen molar-refractivity contribution in [1.82, 2.24) is 20.5 Å². The fourth-order valence-electron chi connectivity index (χ4n) is 11.6. The number of aryl methyl sites for hydroxylation is 3. The highest BCUT2D eigenvalue weighted by Crippen LogP contribution is 2.34. The third-order valence-electron chi connectivity index (χ3n) is 16.2. The molecule has 7 aromatic carbocycles. The van der Waals surface area contributed by atoms with Crippen LogP contribution >= 0.6 is 0 Å². The number of likely N-dealkylation sites (N-methyl/N-ethyl adjacent to an activating group) is 1. The van der Waals surface area contributed by atoms with Gasteiger partial charge in [-0.25, -0.2) is 9.98 Å². The van der Waals surface area contributed by atoms with Gasteiger partial charge in [-0.05, 0) is 147 Å². The Balaban J connectivity index is 0.661. The number of quaternary nitrogens is 1. The van der Waals surface area contributed by atoms with Crippen molar-refractivity contribution in [3.05, 3.63) is 197 Å². The van der Waals surface area contributed by atoms with E-state index in [0.717, 1.165) is 133 Å². The minimum absolute atomic E-state index is 0.0597. The highest BCUT2D eigenvalue weighted by molar-refractivity contribution is 6.01. The normalized spacial score (nSPS) is 12.8. The molecule has 434 valence electrons. The van der Waals surface area contributed by atoms with Crippen LogP contribution in [-0.4, -0.2) is 95.9 Å². The molecular weight excluding hydrogens is 1040 g/mol. The topological polar surface area (TPSA) is 117 Å². The molecule has 12 heteroatoms. The second-order valence-electron chi connectivity index (χ2n) is 23.1. The number of carbonyl (C=O) groups is 2. The number of fused-ring (bicyclic) bond motifs is 2. The van der Waals surface area contributed by atoms with E-state index >= 15 is 0 Å². The summed E-state index contributed by atoms with van der Waals surface area (Å²) in [5.41, 5.74) is 22.5. The number of hydrogen-bond donors (Lipinski definition) is 3. The van der Waals surface area contributed by atoms with Crippen molar-refractivity contribution in [3.8, 4) is 16.8 Å². The molecule has 1 aromatic heterocycles. The predicted molar refractivity (Wildman–Crippen MR) is 351 cm³/mol. The molecule has 0 bridgehead atoms. The first-order valence-electron chi connectivity index (χ1n) is 30.0. The standard InChI is InChI=1S/C72H84N10O2/c1-50-43-59(76-61-44-51(2)66(78(5)6)47-62(61)75-58-25-17-15-18-26-58)37-38-65(50)80(9)41-23-13-11-21-39-73-71(83)56-33-29-54(30-34-56)55-31-35-57(36-32-55)72(84)74-40-22-12-14-24-42-81(10)68-49-70-64(46-53(68)4)77-63-45-52(3)67(79(7)8)48-69(63)82(70)60-27-19-16-20-28-60/h15-20,25-36,38,43-49,75H,11-14,21-24,37,39-42H2,1-10H3,(H-,73,74,83,84)/p+2. The van der Waals surface area contributed by atoms with Crippen LogP contribution in [0.15, 0.2) is 174 Å². The van der Waals surface area contributed by atoms with Crippen LogP contribution in [0.2, 0.25) is 0 Å². The van der Waals surface area contributed by atoms with E-state index in [-0.39, 0.29) is 11.8 Å². The quantitative estimate of drug-likeness (QED) is 0.0226. The first-order valence-corrected chi connectivity index (χ1v) is 30.0. The fourth-order valence-corrected chi connectivity index (χ4v) is 11.6. The number of aromatic nitrogens is 2. The van der Waals surface area contributed by atoms with Gasteiger partial charge in [-0.1, -0.05) is 92.4 Å². The van der Waals surface area contributed by atoms with E-state index in [2.05, 4.69) is 213 Å². The SMILES string of the molecule is CC1=CC(=Nc2cc(C)c(N(C)C)cc2[NH2+]c2ccccc2)CC=C1N(C)CCCCCCNC(=O)c1ccc(-c2ccc(C(=O)NCCCCCCN(C)c3cc4c(cc3C)nc3cc(C)c(N(C)C)cc3[n+]4-c3ccccc3)cc2)cc1. The van der Waals surface area contributed by atoms with Crippen LogP contribution in [0.3, 0.4) is 0 Å². The predicted octanol–water partition coefficient (Wildman–Crippen LogP) is 13.6. The van der Waals surface area contributed by atoms with Gasteiger partial charge in [-0.3, -0.25) is 14.9 Å². The number of allylic oxidation sites excluding steroid dienone is 3. The Labute approximate surface area is 498 Å². The molecule has 12 nitrogen and oxygen atoms in total. The van der Waals surface area contributed by atoms with E-state index in [1.165, 1.54) is 45.0 Å². The molecule has 0 unspecified atom stereocenters. The van der Waals surface area contributed by atoms with Crippen molar-refractivity contribution in [2.24, 2.45) is 4.99 Å². The van der Waals surface area contributed by atoms with Crippen molar-refractivity contribution >= 4 is 73.7 Å². The molecule has 0 atom stereocenters. The highest BCUT2D eigenvalue weighted by atomic mass is 16.2. The van der Waals surface area contributed by atoms with Gasteiger partial charge >= 0.3 is 0 Å². The zero-order valence-electron chi connectivity index (χ0n) is 51.2. The van der Waals surface area contributed by atoms with Crippen molar-refractivity contribution in [1.29, 1.82) is 0 Å². The van der Waals surface area contributed by atoms with Crippen LogP contribution in [0.1, 0.15) is 102 Å². The third-order valence-corrected chi connectivity index (χ3v) is 16.2. The number of unbranched alkanes of at least 4 members (excludes halogenated alkanes) is 6. The molecule has 2 amide bonds. The van der Waals surface area contributed by atoms with E-state index in [1.54, 1.807) is 0 Å². The molecule has 1 aliphatic carbocycles. The van der Waals surface area contributed by atoms with E-state index in [1.807, 2.05) is 54.6 Å². The number of amides is 2. The van der Waals surface area contributed by atoms with E-state index in [4.69, 9.17) is 9.98 Å². The number of nitrogens with one attached hydrogen (secondary N) is 2. The molecule has 0 spiro atoms. The monoisotopic (exact) mass is 1120 g/mol. The zero-order chi connectivity index (χ0) is 59.3. The van der Waals surface area contributed by atoms with Crippen molar-refractivity contribution < 1.29 is 19.5 Å². The maximum absolute atomic E-state index is 13.1. The number of para-hydroxylation sites is 2. The molecule has 0 saturated heterocycles. The Morgan fingerprint density at radius 3 is 1.58 bits per heavy atom. The maximum Gasteiger partial charge on any atom is 0.251 e. The van der Waals surface area contributed by atoms with E-state index in [0.29, 0.717) is 24.2 Å². The molecule has 0 fully saturated rings. The Bertz CT molecular complexity index is 3680. The molecule has 8 aromatic rings. The van der Waals surface area contributed by atoms with Gasteiger partial charge in [0.05, 0.1) is 0 Å². The van der Waals surface area contributed by atoms with Crippen LogP contribution < -0.4 is 35.2 Å². The zero-order valence-corrected chi connectivity index (χ0v) is 51.2. The molecule has 84 heavy (non-hydrogen) atoms. The smallest absolute Gasteiger partial charge is 0.251 e. The maximum atomic E-state index is 13.1. The first-order chi connectivity index (χ1) is 40.6. The van der Waals surface area contributed by atoms with E-state index in [9.17, 15) is 9.59 Å². The molecule has 9 rings (SSSR count). The van der Waals surface area contributed by atoms with Crippen LogP contribution in [0, 0.1) is 20.8 Å². The van der Waals surface area contributed by atoms with E-state index < -0.39 is 0 Å². The second-order valence-corrected chi connectivity index (χ2v) is 23.1. The highest BCUT2D eigenvalue weighted by Gasteiger charge is 2.24. The Morgan fingerprint density at radius 2 is 1.04 bits per heavy atom. The largest absolute Gasteiger partial charge is 0.377 e. The van der Waals surface area contributed by atoms with Crippen LogP contribution in [0.25, 0.3) is 38.9 Å². The summed E-state index contributed by atoms with van der Waals surface area (Å²) in [6.07, 6.45) is 13.6.